The number of benzene rings is 1. The largest absolute Gasteiger partial charge is 0.253 e. The Morgan fingerprint density at radius 1 is 1.22 bits per heavy atom. The predicted molar refractivity (Wildman–Crippen MR) is 72.2 cm³/mol. The lowest BCUT2D eigenvalue weighted by molar-refractivity contribution is 1.15. The first-order valence-corrected chi connectivity index (χ1v) is 6.42. The van der Waals surface area contributed by atoms with Crippen LogP contribution in [0.15, 0.2) is 41.9 Å². The van der Waals surface area contributed by atoms with Gasteiger partial charge in [-0.15, -0.1) is 11.3 Å². The smallest absolute Gasteiger partial charge is 0.142 e. The van der Waals surface area contributed by atoms with Crippen molar-refractivity contribution in [3.05, 3.63) is 47.6 Å². The van der Waals surface area contributed by atoms with Crippen molar-refractivity contribution in [2.24, 2.45) is 0 Å². The third kappa shape index (κ3) is 1.85. The fraction of sp³-hybridized carbons (Fsp3) is 0.0714. The van der Waals surface area contributed by atoms with Crippen LogP contribution in [0.5, 0.6) is 0 Å². The van der Waals surface area contributed by atoms with Gasteiger partial charge in [0.15, 0.2) is 0 Å². The van der Waals surface area contributed by atoms with E-state index in [4.69, 9.17) is 5.26 Å². The van der Waals surface area contributed by atoms with Crippen molar-refractivity contribution in [3.63, 3.8) is 0 Å². The summed E-state index contributed by atoms with van der Waals surface area (Å²) in [6, 6.07) is 12.2. The van der Waals surface area contributed by atoms with E-state index in [2.05, 4.69) is 22.1 Å². The number of nitrogens with zero attached hydrogens (tertiary/aromatic N) is 3. The van der Waals surface area contributed by atoms with Gasteiger partial charge in [-0.2, -0.15) is 5.26 Å². The van der Waals surface area contributed by atoms with Crippen molar-refractivity contribution in [2.75, 3.05) is 0 Å². The first kappa shape index (κ1) is 10.9. The molecule has 0 atom stereocenters. The molecule has 86 valence electrons. The van der Waals surface area contributed by atoms with E-state index >= 15 is 0 Å². The number of thiazole rings is 1. The van der Waals surface area contributed by atoms with Gasteiger partial charge in [-0.25, -0.2) is 4.98 Å². The van der Waals surface area contributed by atoms with E-state index in [1.807, 2.05) is 29.6 Å². The maximum atomic E-state index is 8.67. The minimum atomic E-state index is 0.348. The Balaban J connectivity index is 2.16. The van der Waals surface area contributed by atoms with Gasteiger partial charge in [0.1, 0.15) is 10.7 Å². The summed E-state index contributed by atoms with van der Waals surface area (Å²) < 4.78 is 0. The highest BCUT2D eigenvalue weighted by Gasteiger charge is 2.09. The van der Waals surface area contributed by atoms with E-state index in [1.54, 1.807) is 6.20 Å². The first-order valence-electron chi connectivity index (χ1n) is 5.54. The molecule has 2 heterocycles. The zero-order chi connectivity index (χ0) is 12.4. The van der Waals surface area contributed by atoms with Crippen LogP contribution in [0.2, 0.25) is 0 Å². The van der Waals surface area contributed by atoms with Gasteiger partial charge in [-0.3, -0.25) is 4.98 Å². The molecule has 1 aromatic carbocycles. The van der Waals surface area contributed by atoms with Crippen LogP contribution in [-0.4, -0.2) is 9.97 Å². The SMILES string of the molecule is N#CCc1csc(-c2nccc3ccccc23)n1. The second kappa shape index (κ2) is 4.55. The monoisotopic (exact) mass is 251 g/mol. The van der Waals surface area contributed by atoms with Crippen LogP contribution in [0.25, 0.3) is 21.5 Å². The summed E-state index contributed by atoms with van der Waals surface area (Å²) in [6.45, 7) is 0. The highest BCUT2D eigenvalue weighted by Crippen LogP contribution is 2.28. The number of fused-ring (bicyclic) bond motifs is 1. The minimum absolute atomic E-state index is 0.348. The van der Waals surface area contributed by atoms with Crippen LogP contribution in [0.1, 0.15) is 5.69 Å². The fourth-order valence-corrected chi connectivity index (χ4v) is 2.70. The van der Waals surface area contributed by atoms with Gasteiger partial charge < -0.3 is 0 Å². The van der Waals surface area contributed by atoms with Gasteiger partial charge in [-0.05, 0) is 11.5 Å². The summed E-state index contributed by atoms with van der Waals surface area (Å²) in [5, 5.41) is 13.7. The number of nitriles is 1. The normalized spacial score (nSPS) is 10.4. The Labute approximate surface area is 108 Å². The van der Waals surface area contributed by atoms with Crippen molar-refractivity contribution in [1.29, 1.82) is 5.26 Å². The van der Waals surface area contributed by atoms with Crippen LogP contribution in [0.4, 0.5) is 0 Å². The Morgan fingerprint density at radius 2 is 2.11 bits per heavy atom. The second-order valence-electron chi connectivity index (χ2n) is 3.86. The van der Waals surface area contributed by atoms with Gasteiger partial charge in [0, 0.05) is 17.0 Å². The Bertz CT molecular complexity index is 735. The van der Waals surface area contributed by atoms with Crippen molar-refractivity contribution in [2.45, 2.75) is 6.42 Å². The Hall–Kier alpha value is -2.25. The second-order valence-corrected chi connectivity index (χ2v) is 4.72. The first-order chi connectivity index (χ1) is 8.88. The van der Waals surface area contributed by atoms with Gasteiger partial charge in [0.25, 0.3) is 0 Å². The minimum Gasteiger partial charge on any atom is -0.253 e. The predicted octanol–water partition coefficient (Wildman–Crippen LogP) is 3.42. The van der Waals surface area contributed by atoms with E-state index in [0.29, 0.717) is 6.42 Å². The number of hydrogen-bond acceptors (Lipinski definition) is 4. The molecule has 0 fully saturated rings. The molecule has 0 bridgehead atoms. The van der Waals surface area contributed by atoms with Crippen molar-refractivity contribution >= 4 is 22.1 Å². The summed E-state index contributed by atoms with van der Waals surface area (Å²) in [6.07, 6.45) is 2.14. The van der Waals surface area contributed by atoms with E-state index in [1.165, 1.54) is 11.3 Å². The summed E-state index contributed by atoms with van der Waals surface area (Å²) in [5.41, 5.74) is 1.70. The summed E-state index contributed by atoms with van der Waals surface area (Å²) >= 11 is 1.53. The summed E-state index contributed by atoms with van der Waals surface area (Å²) in [7, 11) is 0. The molecule has 0 radical (unpaired) electrons. The molecule has 0 aliphatic heterocycles. The molecule has 0 saturated heterocycles. The Kier molecular flexibility index (Phi) is 2.75. The summed E-state index contributed by atoms with van der Waals surface area (Å²) in [4.78, 5) is 8.87. The van der Waals surface area contributed by atoms with Gasteiger partial charge >= 0.3 is 0 Å². The van der Waals surface area contributed by atoms with Crippen LogP contribution < -0.4 is 0 Å². The molecule has 0 aliphatic rings. The van der Waals surface area contributed by atoms with Gasteiger partial charge in [0.05, 0.1) is 18.2 Å². The lowest BCUT2D eigenvalue weighted by Crippen LogP contribution is -1.86. The lowest BCUT2D eigenvalue weighted by Gasteiger charge is -2.01. The zero-order valence-corrected chi connectivity index (χ0v) is 10.3. The van der Waals surface area contributed by atoms with Gasteiger partial charge in [-0.1, -0.05) is 24.3 Å². The van der Waals surface area contributed by atoms with Crippen LogP contribution >= 0.6 is 11.3 Å². The van der Waals surface area contributed by atoms with E-state index in [0.717, 1.165) is 27.2 Å². The molecular weight excluding hydrogens is 242 g/mol. The molecule has 18 heavy (non-hydrogen) atoms. The molecule has 0 amide bonds. The van der Waals surface area contributed by atoms with E-state index in [9.17, 15) is 0 Å². The topological polar surface area (TPSA) is 49.6 Å². The number of aromatic nitrogens is 2. The standard InChI is InChI=1S/C14H9N3S/c15-7-5-11-9-18-14(17-11)13-12-4-2-1-3-10(12)6-8-16-13/h1-4,6,8-9H,5H2. The molecule has 0 saturated carbocycles. The highest BCUT2D eigenvalue weighted by molar-refractivity contribution is 7.13. The highest BCUT2D eigenvalue weighted by atomic mass is 32.1. The third-order valence-electron chi connectivity index (χ3n) is 2.69. The maximum Gasteiger partial charge on any atom is 0.142 e. The average Bonchev–Trinajstić information content (AvgIpc) is 2.87. The van der Waals surface area contributed by atoms with Crippen LogP contribution in [-0.2, 0) is 6.42 Å². The fourth-order valence-electron chi connectivity index (χ4n) is 1.87. The molecule has 0 spiro atoms. The average molecular weight is 251 g/mol. The maximum absolute atomic E-state index is 8.67. The third-order valence-corrected chi connectivity index (χ3v) is 3.59. The zero-order valence-electron chi connectivity index (χ0n) is 9.50. The quantitative estimate of drug-likeness (QED) is 0.701. The van der Waals surface area contributed by atoms with Crippen LogP contribution in [0.3, 0.4) is 0 Å². The van der Waals surface area contributed by atoms with E-state index in [-0.39, 0.29) is 0 Å². The van der Waals surface area contributed by atoms with Crippen molar-refractivity contribution < 1.29 is 0 Å². The molecule has 4 heteroatoms. The molecule has 2 aromatic heterocycles. The molecule has 3 rings (SSSR count). The molecular formula is C14H9N3S. The molecule has 0 N–H and O–H groups in total. The summed E-state index contributed by atoms with van der Waals surface area (Å²) in [5.74, 6) is 0. The number of hydrogen-bond donors (Lipinski definition) is 0. The van der Waals surface area contributed by atoms with Crippen LogP contribution in [0, 0.1) is 11.3 Å². The molecule has 3 aromatic rings. The van der Waals surface area contributed by atoms with Crippen molar-refractivity contribution in [1.82, 2.24) is 9.97 Å². The lowest BCUT2D eigenvalue weighted by atomic mass is 10.1. The Morgan fingerprint density at radius 3 is 3.00 bits per heavy atom. The number of pyridine rings is 1. The van der Waals surface area contributed by atoms with E-state index < -0.39 is 0 Å². The molecule has 0 aliphatic carbocycles. The van der Waals surface area contributed by atoms with Gasteiger partial charge in [0.2, 0.25) is 0 Å². The molecule has 0 unspecified atom stereocenters. The van der Waals surface area contributed by atoms with Crippen molar-refractivity contribution in [3.8, 4) is 16.8 Å². The molecule has 3 nitrogen and oxygen atoms in total. The number of rotatable bonds is 2.